The van der Waals surface area contributed by atoms with Crippen LogP contribution in [0.3, 0.4) is 0 Å². The molecule has 1 saturated heterocycles. The third-order valence-corrected chi connectivity index (χ3v) is 5.31. The second-order valence-corrected chi connectivity index (χ2v) is 7.11. The Balaban J connectivity index is 1.47. The fourth-order valence-corrected chi connectivity index (χ4v) is 3.63. The molecule has 5 heteroatoms. The van der Waals surface area contributed by atoms with Crippen LogP contribution in [0.15, 0.2) is 30.3 Å². The van der Waals surface area contributed by atoms with Gasteiger partial charge in [-0.25, -0.2) is 0 Å². The van der Waals surface area contributed by atoms with Crippen LogP contribution in [0.4, 0.5) is 0 Å². The van der Waals surface area contributed by atoms with E-state index in [4.69, 9.17) is 0 Å². The number of rotatable bonds is 6. The molecule has 5 nitrogen and oxygen atoms in total. The smallest absolute Gasteiger partial charge is 0.236 e. The summed E-state index contributed by atoms with van der Waals surface area (Å²) in [5.41, 5.74) is 4.74. The molecular weight excluding hydrogens is 312 g/mol. The highest BCUT2D eigenvalue weighted by atomic mass is 16.2. The van der Waals surface area contributed by atoms with Gasteiger partial charge in [-0.2, -0.15) is 5.10 Å². The zero-order valence-corrected chi connectivity index (χ0v) is 15.5. The first kappa shape index (κ1) is 17.7. The predicted molar refractivity (Wildman–Crippen MR) is 99.6 cm³/mol. The number of hydrogen-bond donors (Lipinski definition) is 1. The van der Waals surface area contributed by atoms with Crippen molar-refractivity contribution in [2.75, 3.05) is 33.2 Å². The first-order valence-corrected chi connectivity index (χ1v) is 9.06. The van der Waals surface area contributed by atoms with Gasteiger partial charge < -0.3 is 4.90 Å². The van der Waals surface area contributed by atoms with Gasteiger partial charge in [0, 0.05) is 25.8 Å². The number of amides is 1. The van der Waals surface area contributed by atoms with Crippen LogP contribution < -0.4 is 0 Å². The van der Waals surface area contributed by atoms with Crippen molar-refractivity contribution in [3.05, 3.63) is 52.8 Å². The molecule has 1 fully saturated rings. The topological polar surface area (TPSA) is 52.2 Å². The van der Waals surface area contributed by atoms with Gasteiger partial charge in [0.05, 0.1) is 12.2 Å². The normalized spacial score (nSPS) is 17.8. The van der Waals surface area contributed by atoms with Crippen LogP contribution in [0, 0.1) is 13.8 Å². The monoisotopic (exact) mass is 340 g/mol. The number of hydrogen-bond acceptors (Lipinski definition) is 3. The van der Waals surface area contributed by atoms with Gasteiger partial charge in [-0.1, -0.05) is 30.3 Å². The molecule has 1 aromatic heterocycles. The minimum absolute atomic E-state index is 0.201. The van der Waals surface area contributed by atoms with Gasteiger partial charge in [0.1, 0.15) is 0 Å². The summed E-state index contributed by atoms with van der Waals surface area (Å²) in [4.78, 5) is 16.7. The standard InChI is InChI=1S/C20H28N4O/c1-15-19(16(2)22-21-15)10-11-23(3)20(25)14-24-12-9-18(13-24)17-7-5-4-6-8-17/h4-8,18H,9-14H2,1-3H3,(H,21,22)/t18-/m1/s1. The molecule has 0 unspecified atom stereocenters. The molecule has 3 rings (SSSR count). The highest BCUT2D eigenvalue weighted by molar-refractivity contribution is 5.78. The van der Waals surface area contributed by atoms with Crippen molar-refractivity contribution in [3.63, 3.8) is 0 Å². The molecule has 0 aliphatic carbocycles. The van der Waals surface area contributed by atoms with E-state index in [0.29, 0.717) is 12.5 Å². The van der Waals surface area contributed by atoms with Gasteiger partial charge in [-0.3, -0.25) is 14.8 Å². The number of likely N-dealkylation sites (tertiary alicyclic amines) is 1. The van der Waals surface area contributed by atoms with Crippen molar-refractivity contribution >= 4 is 5.91 Å². The summed E-state index contributed by atoms with van der Waals surface area (Å²) in [6, 6.07) is 10.6. The molecular formula is C20H28N4O. The number of aryl methyl sites for hydroxylation is 2. The van der Waals surface area contributed by atoms with E-state index in [1.165, 1.54) is 11.1 Å². The molecule has 1 N–H and O–H groups in total. The quantitative estimate of drug-likeness (QED) is 0.879. The summed E-state index contributed by atoms with van der Waals surface area (Å²) in [5.74, 6) is 0.753. The van der Waals surface area contributed by atoms with Crippen LogP contribution in [0.25, 0.3) is 0 Å². The summed E-state index contributed by atoms with van der Waals surface area (Å²) in [6.07, 6.45) is 1.98. The number of carbonyl (C=O) groups is 1. The lowest BCUT2D eigenvalue weighted by Gasteiger charge is -2.22. The largest absolute Gasteiger partial charge is 0.344 e. The molecule has 0 radical (unpaired) electrons. The number of aromatic amines is 1. The van der Waals surface area contributed by atoms with Crippen molar-refractivity contribution in [2.24, 2.45) is 0 Å². The van der Waals surface area contributed by atoms with E-state index in [-0.39, 0.29) is 5.91 Å². The Morgan fingerprint density at radius 3 is 2.76 bits per heavy atom. The lowest BCUT2D eigenvalue weighted by Crippen LogP contribution is -2.38. The van der Waals surface area contributed by atoms with Crippen LogP contribution in [-0.2, 0) is 11.2 Å². The van der Waals surface area contributed by atoms with Gasteiger partial charge >= 0.3 is 0 Å². The van der Waals surface area contributed by atoms with E-state index in [0.717, 1.165) is 43.9 Å². The zero-order valence-electron chi connectivity index (χ0n) is 15.5. The molecule has 25 heavy (non-hydrogen) atoms. The maximum Gasteiger partial charge on any atom is 0.236 e. The SMILES string of the molecule is Cc1n[nH]c(C)c1CCN(C)C(=O)CN1CC[C@@H](c2ccccc2)C1. The Kier molecular flexibility index (Phi) is 5.53. The van der Waals surface area contributed by atoms with Crippen LogP contribution in [0.1, 0.15) is 34.9 Å². The minimum atomic E-state index is 0.201. The highest BCUT2D eigenvalue weighted by Crippen LogP contribution is 2.26. The van der Waals surface area contributed by atoms with Crippen LogP contribution in [0.5, 0.6) is 0 Å². The Bertz CT molecular complexity index is 690. The van der Waals surface area contributed by atoms with E-state index in [2.05, 4.69) is 45.4 Å². The van der Waals surface area contributed by atoms with Crippen molar-refractivity contribution in [1.29, 1.82) is 0 Å². The molecule has 1 aliphatic heterocycles. The maximum atomic E-state index is 12.5. The molecule has 0 saturated carbocycles. The molecule has 1 amide bonds. The lowest BCUT2D eigenvalue weighted by molar-refractivity contribution is -0.130. The number of H-pyrrole nitrogens is 1. The molecule has 1 atom stereocenters. The fourth-order valence-electron chi connectivity index (χ4n) is 3.63. The van der Waals surface area contributed by atoms with Crippen LogP contribution in [0.2, 0.25) is 0 Å². The van der Waals surface area contributed by atoms with Gasteiger partial charge in [-0.15, -0.1) is 0 Å². The lowest BCUT2D eigenvalue weighted by atomic mass is 9.99. The molecule has 0 spiro atoms. The summed E-state index contributed by atoms with van der Waals surface area (Å²) >= 11 is 0. The second kappa shape index (κ2) is 7.83. The van der Waals surface area contributed by atoms with Gasteiger partial charge in [0.25, 0.3) is 0 Å². The first-order valence-electron chi connectivity index (χ1n) is 9.06. The average Bonchev–Trinajstić information content (AvgIpc) is 3.21. The summed E-state index contributed by atoms with van der Waals surface area (Å²) in [5, 5.41) is 7.23. The molecule has 2 aromatic rings. The number of aromatic nitrogens is 2. The Morgan fingerprint density at radius 2 is 2.08 bits per heavy atom. The Labute approximate surface area is 150 Å². The number of benzene rings is 1. The maximum absolute atomic E-state index is 12.5. The number of likely N-dealkylation sites (N-methyl/N-ethyl adjacent to an activating group) is 1. The summed E-state index contributed by atoms with van der Waals surface area (Å²) < 4.78 is 0. The molecule has 134 valence electrons. The van der Waals surface area contributed by atoms with Gasteiger partial charge in [0.15, 0.2) is 0 Å². The first-order chi connectivity index (χ1) is 12.0. The molecule has 2 heterocycles. The average molecular weight is 340 g/mol. The van der Waals surface area contributed by atoms with Crippen molar-refractivity contribution in [2.45, 2.75) is 32.6 Å². The predicted octanol–water partition coefficient (Wildman–Crippen LogP) is 2.52. The third kappa shape index (κ3) is 4.28. The van der Waals surface area contributed by atoms with Crippen molar-refractivity contribution < 1.29 is 4.79 Å². The van der Waals surface area contributed by atoms with Crippen molar-refractivity contribution in [3.8, 4) is 0 Å². The van der Waals surface area contributed by atoms with E-state index >= 15 is 0 Å². The van der Waals surface area contributed by atoms with E-state index in [1.54, 1.807) is 0 Å². The summed E-state index contributed by atoms with van der Waals surface area (Å²) in [6.45, 7) is 7.27. The molecule has 0 bridgehead atoms. The van der Waals surface area contributed by atoms with Crippen LogP contribution >= 0.6 is 0 Å². The molecule has 1 aromatic carbocycles. The number of nitrogens with one attached hydrogen (secondary N) is 1. The van der Waals surface area contributed by atoms with E-state index in [9.17, 15) is 4.79 Å². The van der Waals surface area contributed by atoms with Crippen molar-refractivity contribution in [1.82, 2.24) is 20.0 Å². The van der Waals surface area contributed by atoms with Crippen LogP contribution in [-0.4, -0.2) is 59.1 Å². The van der Waals surface area contributed by atoms with E-state index < -0.39 is 0 Å². The minimum Gasteiger partial charge on any atom is -0.344 e. The number of carbonyl (C=O) groups excluding carboxylic acids is 1. The third-order valence-electron chi connectivity index (χ3n) is 5.31. The van der Waals surface area contributed by atoms with Gasteiger partial charge in [0.2, 0.25) is 5.91 Å². The van der Waals surface area contributed by atoms with E-state index in [1.807, 2.05) is 25.8 Å². The number of nitrogens with zero attached hydrogens (tertiary/aromatic N) is 3. The highest BCUT2D eigenvalue weighted by Gasteiger charge is 2.26. The zero-order chi connectivity index (χ0) is 17.8. The Morgan fingerprint density at radius 1 is 1.32 bits per heavy atom. The fraction of sp³-hybridized carbons (Fsp3) is 0.500. The Hall–Kier alpha value is -2.14. The van der Waals surface area contributed by atoms with Gasteiger partial charge in [-0.05, 0) is 50.3 Å². The summed E-state index contributed by atoms with van der Waals surface area (Å²) in [7, 11) is 1.90. The second-order valence-electron chi connectivity index (χ2n) is 7.11. The molecule has 1 aliphatic rings.